The average Bonchev–Trinajstić information content (AvgIpc) is 2.60. The Kier molecular flexibility index (Phi) is 2.43. The van der Waals surface area contributed by atoms with Gasteiger partial charge in [-0.2, -0.15) is 5.10 Å². The molecule has 4 N–H and O–H groups in total. The van der Waals surface area contributed by atoms with Gasteiger partial charge in [-0.1, -0.05) is 12.1 Å². The van der Waals surface area contributed by atoms with E-state index in [1.165, 1.54) is 5.56 Å². The summed E-state index contributed by atoms with van der Waals surface area (Å²) in [5, 5.41) is 4.31. The lowest BCUT2D eigenvalue weighted by Crippen LogP contribution is -2.03. The summed E-state index contributed by atoms with van der Waals surface area (Å²) in [6, 6.07) is 9.81. The topological polar surface area (TPSA) is 69.9 Å². The molecule has 15 heavy (non-hydrogen) atoms. The second kappa shape index (κ2) is 3.74. The molecule has 1 heterocycles. The van der Waals surface area contributed by atoms with Gasteiger partial charge in [0.1, 0.15) is 5.82 Å². The maximum absolute atomic E-state index is 5.84. The zero-order valence-corrected chi connectivity index (χ0v) is 8.64. The number of hydrogen-bond donors (Lipinski definition) is 2. The Morgan fingerprint density at radius 3 is 2.73 bits per heavy atom. The normalized spacial score (nSPS) is 10.5. The first kappa shape index (κ1) is 9.73. The third kappa shape index (κ3) is 1.85. The quantitative estimate of drug-likeness (QED) is 0.769. The van der Waals surface area contributed by atoms with E-state index in [1.54, 1.807) is 10.7 Å². The minimum atomic E-state index is 0.406. The van der Waals surface area contributed by atoms with Crippen molar-refractivity contribution in [1.82, 2.24) is 9.78 Å². The van der Waals surface area contributed by atoms with Gasteiger partial charge in [-0.15, -0.1) is 0 Å². The zero-order valence-electron chi connectivity index (χ0n) is 8.64. The first-order valence-electron chi connectivity index (χ1n) is 4.82. The molecule has 0 aliphatic carbocycles. The van der Waals surface area contributed by atoms with Crippen LogP contribution in [0.15, 0.2) is 30.3 Å². The molecule has 0 bridgehead atoms. The van der Waals surface area contributed by atoms with Crippen LogP contribution >= 0.6 is 0 Å². The van der Waals surface area contributed by atoms with E-state index in [2.05, 4.69) is 5.10 Å². The Morgan fingerprint density at radius 2 is 2.13 bits per heavy atom. The molecule has 0 saturated carbocycles. The molecule has 0 fully saturated rings. The molecule has 1 aromatic heterocycles. The Hall–Kier alpha value is -1.81. The molecular formula is C11H14N4. The molecule has 4 nitrogen and oxygen atoms in total. The van der Waals surface area contributed by atoms with Crippen LogP contribution in [0.3, 0.4) is 0 Å². The largest absolute Gasteiger partial charge is 0.384 e. The molecule has 0 radical (unpaired) electrons. The number of nitrogens with two attached hydrogens (primary N) is 2. The van der Waals surface area contributed by atoms with Crippen LogP contribution in [0.25, 0.3) is 5.69 Å². The summed E-state index contributed by atoms with van der Waals surface area (Å²) >= 11 is 0. The van der Waals surface area contributed by atoms with Gasteiger partial charge < -0.3 is 11.5 Å². The van der Waals surface area contributed by atoms with Crippen molar-refractivity contribution in [3.63, 3.8) is 0 Å². The second-order valence-corrected chi connectivity index (χ2v) is 3.52. The highest BCUT2D eigenvalue weighted by molar-refractivity contribution is 5.44. The van der Waals surface area contributed by atoms with E-state index in [0.29, 0.717) is 12.4 Å². The van der Waals surface area contributed by atoms with Gasteiger partial charge in [-0.05, 0) is 24.6 Å². The summed E-state index contributed by atoms with van der Waals surface area (Å²) in [7, 11) is 0. The van der Waals surface area contributed by atoms with E-state index in [1.807, 2.05) is 31.2 Å². The minimum absolute atomic E-state index is 0.406. The number of aryl methyl sites for hydroxylation is 1. The molecule has 0 atom stereocenters. The van der Waals surface area contributed by atoms with E-state index >= 15 is 0 Å². The van der Waals surface area contributed by atoms with Crippen molar-refractivity contribution >= 4 is 5.82 Å². The number of benzene rings is 1. The summed E-state index contributed by atoms with van der Waals surface area (Å²) in [5.74, 6) is 0.612. The van der Waals surface area contributed by atoms with Gasteiger partial charge in [0.25, 0.3) is 0 Å². The van der Waals surface area contributed by atoms with Crippen molar-refractivity contribution in [3.05, 3.63) is 41.6 Å². The first-order chi connectivity index (χ1) is 7.20. The highest BCUT2D eigenvalue weighted by atomic mass is 15.3. The molecular weight excluding hydrogens is 188 g/mol. The van der Waals surface area contributed by atoms with Crippen LogP contribution in [0, 0.1) is 6.92 Å². The Labute approximate surface area is 88.5 Å². The maximum atomic E-state index is 5.84. The molecule has 0 aliphatic rings. The molecule has 2 rings (SSSR count). The molecule has 78 valence electrons. The maximum Gasteiger partial charge on any atom is 0.127 e. The third-order valence-electron chi connectivity index (χ3n) is 2.24. The predicted molar refractivity (Wildman–Crippen MR) is 60.6 cm³/mol. The monoisotopic (exact) mass is 202 g/mol. The van der Waals surface area contributed by atoms with Crippen molar-refractivity contribution in [3.8, 4) is 5.69 Å². The van der Waals surface area contributed by atoms with Crippen LogP contribution in [0.2, 0.25) is 0 Å². The lowest BCUT2D eigenvalue weighted by atomic mass is 10.2. The van der Waals surface area contributed by atoms with Gasteiger partial charge >= 0.3 is 0 Å². The zero-order chi connectivity index (χ0) is 10.8. The molecule has 2 aromatic rings. The summed E-state index contributed by atoms with van der Waals surface area (Å²) in [6.45, 7) is 2.44. The third-order valence-corrected chi connectivity index (χ3v) is 2.24. The lowest BCUT2D eigenvalue weighted by Gasteiger charge is -2.04. The fourth-order valence-corrected chi connectivity index (χ4v) is 1.51. The summed E-state index contributed by atoms with van der Waals surface area (Å²) < 4.78 is 1.70. The smallest absolute Gasteiger partial charge is 0.127 e. The van der Waals surface area contributed by atoms with E-state index in [4.69, 9.17) is 11.5 Å². The van der Waals surface area contributed by atoms with Crippen molar-refractivity contribution < 1.29 is 0 Å². The van der Waals surface area contributed by atoms with Crippen LogP contribution in [-0.2, 0) is 6.54 Å². The van der Waals surface area contributed by atoms with E-state index < -0.39 is 0 Å². The van der Waals surface area contributed by atoms with Gasteiger partial charge in [-0.25, -0.2) is 4.68 Å². The number of aromatic nitrogens is 2. The molecule has 0 aliphatic heterocycles. The molecule has 0 spiro atoms. The predicted octanol–water partition coefficient (Wildman–Crippen LogP) is 1.22. The lowest BCUT2D eigenvalue weighted by molar-refractivity contribution is 0.840. The van der Waals surface area contributed by atoms with Crippen LogP contribution < -0.4 is 11.5 Å². The van der Waals surface area contributed by atoms with E-state index in [9.17, 15) is 0 Å². The Bertz CT molecular complexity index is 473. The molecule has 0 unspecified atom stereocenters. The van der Waals surface area contributed by atoms with E-state index in [0.717, 1.165) is 11.4 Å². The van der Waals surface area contributed by atoms with Gasteiger partial charge in [0.15, 0.2) is 0 Å². The standard InChI is InChI=1S/C11H14N4/c1-8-3-2-4-10(5-8)15-11(13)6-9(7-12)14-15/h2-6H,7,12-13H2,1H3. The number of nitrogens with zero attached hydrogens (tertiary/aromatic N) is 2. The Morgan fingerprint density at radius 1 is 1.33 bits per heavy atom. The van der Waals surface area contributed by atoms with E-state index in [-0.39, 0.29) is 0 Å². The van der Waals surface area contributed by atoms with Crippen molar-refractivity contribution in [2.75, 3.05) is 5.73 Å². The van der Waals surface area contributed by atoms with Crippen LogP contribution in [0.4, 0.5) is 5.82 Å². The van der Waals surface area contributed by atoms with Gasteiger partial charge in [0, 0.05) is 12.6 Å². The molecule has 0 amide bonds. The minimum Gasteiger partial charge on any atom is -0.384 e. The molecule has 1 aromatic carbocycles. The SMILES string of the molecule is Cc1cccc(-n2nc(CN)cc2N)c1. The molecule has 0 saturated heterocycles. The van der Waals surface area contributed by atoms with Crippen LogP contribution in [0.5, 0.6) is 0 Å². The number of anilines is 1. The van der Waals surface area contributed by atoms with Crippen LogP contribution in [-0.4, -0.2) is 9.78 Å². The van der Waals surface area contributed by atoms with Crippen molar-refractivity contribution in [1.29, 1.82) is 0 Å². The highest BCUT2D eigenvalue weighted by Gasteiger charge is 2.05. The van der Waals surface area contributed by atoms with Gasteiger partial charge in [-0.3, -0.25) is 0 Å². The van der Waals surface area contributed by atoms with Crippen molar-refractivity contribution in [2.24, 2.45) is 5.73 Å². The molecule has 4 heteroatoms. The highest BCUT2D eigenvalue weighted by Crippen LogP contribution is 2.15. The Balaban J connectivity index is 2.48. The number of hydrogen-bond acceptors (Lipinski definition) is 3. The number of rotatable bonds is 2. The van der Waals surface area contributed by atoms with Gasteiger partial charge in [0.2, 0.25) is 0 Å². The fraction of sp³-hybridized carbons (Fsp3) is 0.182. The summed E-state index contributed by atoms with van der Waals surface area (Å²) in [5.41, 5.74) is 14.3. The van der Waals surface area contributed by atoms with Crippen molar-refractivity contribution in [2.45, 2.75) is 13.5 Å². The fourth-order valence-electron chi connectivity index (χ4n) is 1.51. The number of nitrogen functional groups attached to an aromatic ring is 1. The first-order valence-corrected chi connectivity index (χ1v) is 4.82. The summed E-state index contributed by atoms with van der Waals surface area (Å²) in [4.78, 5) is 0. The second-order valence-electron chi connectivity index (χ2n) is 3.52. The summed E-state index contributed by atoms with van der Waals surface area (Å²) in [6.07, 6.45) is 0. The van der Waals surface area contributed by atoms with Crippen LogP contribution in [0.1, 0.15) is 11.3 Å². The van der Waals surface area contributed by atoms with Gasteiger partial charge in [0.05, 0.1) is 11.4 Å². The average molecular weight is 202 g/mol.